The van der Waals surface area contributed by atoms with E-state index in [2.05, 4.69) is 21.4 Å². The summed E-state index contributed by atoms with van der Waals surface area (Å²) < 4.78 is 10.8. The zero-order valence-corrected chi connectivity index (χ0v) is 18.7. The number of morpholine rings is 1. The number of allylic oxidation sites excluding steroid dienone is 1. The second-order valence-corrected chi connectivity index (χ2v) is 8.44. The van der Waals surface area contributed by atoms with E-state index >= 15 is 0 Å². The van der Waals surface area contributed by atoms with Crippen LogP contribution in [0.3, 0.4) is 0 Å². The van der Waals surface area contributed by atoms with E-state index in [9.17, 15) is 9.90 Å². The number of H-pyrrole nitrogens is 1. The maximum atomic E-state index is 12.3. The van der Waals surface area contributed by atoms with E-state index in [4.69, 9.17) is 14.5 Å². The number of hydrogen-bond donors (Lipinski definition) is 2. The number of aromatic nitrogens is 2. The Morgan fingerprint density at radius 2 is 2.00 bits per heavy atom. The van der Waals surface area contributed by atoms with Crippen LogP contribution in [-0.4, -0.2) is 66.5 Å². The summed E-state index contributed by atoms with van der Waals surface area (Å²) in [5.41, 5.74) is 2.73. The average molecular weight is 441 g/mol. The average Bonchev–Trinajstić information content (AvgIpc) is 2.82. The predicted octanol–water partition coefficient (Wildman–Crippen LogP) is 2.43. The van der Waals surface area contributed by atoms with Crippen LogP contribution in [0.2, 0.25) is 0 Å². The quantitative estimate of drug-likeness (QED) is 0.639. The standard InChI is InChI=1S/C24H32N4O4/c1-3-4-19-13-17(14-21(31-2)23(19)30)16-27-7-5-18(6-8-27)20-15-22(29)26-24(25-20)28-9-11-32-12-10-28/h3,13-15,18,30H,1,4-12,16H2,2H3,(H,25,26,29). The Morgan fingerprint density at radius 1 is 1.25 bits per heavy atom. The van der Waals surface area contributed by atoms with Crippen molar-refractivity contribution < 1.29 is 14.6 Å². The second-order valence-electron chi connectivity index (χ2n) is 8.44. The van der Waals surface area contributed by atoms with Crippen LogP contribution in [0.4, 0.5) is 5.95 Å². The number of benzene rings is 1. The van der Waals surface area contributed by atoms with E-state index in [-0.39, 0.29) is 17.2 Å². The first-order valence-corrected chi connectivity index (χ1v) is 11.2. The number of anilines is 1. The van der Waals surface area contributed by atoms with E-state index in [0.717, 1.165) is 62.4 Å². The normalized spacial score (nSPS) is 18.0. The first-order chi connectivity index (χ1) is 15.6. The molecule has 2 N–H and O–H groups in total. The smallest absolute Gasteiger partial charge is 0.252 e. The lowest BCUT2D eigenvalue weighted by atomic mass is 9.93. The lowest BCUT2D eigenvalue weighted by molar-refractivity contribution is 0.122. The van der Waals surface area contributed by atoms with Crippen molar-refractivity contribution >= 4 is 5.95 Å². The topological polar surface area (TPSA) is 90.9 Å². The molecule has 2 fully saturated rings. The molecule has 2 aliphatic rings. The van der Waals surface area contributed by atoms with Crippen molar-refractivity contribution in [1.29, 1.82) is 0 Å². The summed E-state index contributed by atoms with van der Waals surface area (Å²) in [4.78, 5) is 24.4. The number of methoxy groups -OCH3 is 1. The molecule has 32 heavy (non-hydrogen) atoms. The van der Waals surface area contributed by atoms with Crippen molar-refractivity contribution in [1.82, 2.24) is 14.9 Å². The van der Waals surface area contributed by atoms with Crippen LogP contribution in [0, 0.1) is 0 Å². The molecule has 172 valence electrons. The molecule has 2 saturated heterocycles. The Labute approximate surface area is 188 Å². The fourth-order valence-corrected chi connectivity index (χ4v) is 4.53. The van der Waals surface area contributed by atoms with Gasteiger partial charge in [-0.05, 0) is 44.0 Å². The Kier molecular flexibility index (Phi) is 7.12. The Balaban J connectivity index is 1.41. The molecule has 0 unspecified atom stereocenters. The number of phenols is 1. The van der Waals surface area contributed by atoms with Crippen LogP contribution in [0.15, 0.2) is 35.6 Å². The molecular weight excluding hydrogens is 408 g/mol. The van der Waals surface area contributed by atoms with Gasteiger partial charge in [-0.1, -0.05) is 12.1 Å². The molecular formula is C24H32N4O4. The molecule has 2 aromatic rings. The van der Waals surface area contributed by atoms with Gasteiger partial charge in [0.1, 0.15) is 0 Å². The highest BCUT2D eigenvalue weighted by atomic mass is 16.5. The van der Waals surface area contributed by atoms with Crippen molar-refractivity contribution in [2.24, 2.45) is 0 Å². The lowest BCUT2D eigenvalue weighted by Gasteiger charge is -2.32. The first-order valence-electron chi connectivity index (χ1n) is 11.2. The van der Waals surface area contributed by atoms with Gasteiger partial charge in [-0.3, -0.25) is 14.7 Å². The summed E-state index contributed by atoms with van der Waals surface area (Å²) in [6.07, 6.45) is 4.28. The summed E-state index contributed by atoms with van der Waals surface area (Å²) in [7, 11) is 1.57. The van der Waals surface area contributed by atoms with Crippen molar-refractivity contribution in [2.45, 2.75) is 31.7 Å². The fourth-order valence-electron chi connectivity index (χ4n) is 4.53. The van der Waals surface area contributed by atoms with Gasteiger partial charge >= 0.3 is 0 Å². The molecule has 8 heteroatoms. The lowest BCUT2D eigenvalue weighted by Crippen LogP contribution is -2.39. The number of nitrogens with zero attached hydrogens (tertiary/aromatic N) is 3. The van der Waals surface area contributed by atoms with Gasteiger partial charge in [-0.2, -0.15) is 0 Å². The minimum absolute atomic E-state index is 0.0927. The van der Waals surface area contributed by atoms with Crippen molar-refractivity contribution in [3.63, 3.8) is 0 Å². The van der Waals surface area contributed by atoms with Gasteiger partial charge < -0.3 is 19.5 Å². The Bertz CT molecular complexity index is 992. The SMILES string of the molecule is C=CCc1cc(CN2CCC(c3cc(=O)[nH]c(N4CCOCC4)n3)CC2)cc(OC)c1O. The number of piperidine rings is 1. The third-order valence-electron chi connectivity index (χ3n) is 6.27. The van der Waals surface area contributed by atoms with Crippen molar-refractivity contribution in [3.05, 3.63) is 58.0 Å². The Morgan fingerprint density at radius 3 is 2.69 bits per heavy atom. The van der Waals surface area contributed by atoms with Gasteiger partial charge in [0.15, 0.2) is 11.5 Å². The van der Waals surface area contributed by atoms with Gasteiger partial charge in [-0.15, -0.1) is 6.58 Å². The van der Waals surface area contributed by atoms with E-state index < -0.39 is 0 Å². The summed E-state index contributed by atoms with van der Waals surface area (Å²) in [5.74, 6) is 1.62. The molecule has 0 spiro atoms. The molecule has 0 radical (unpaired) electrons. The largest absolute Gasteiger partial charge is 0.504 e. The fraction of sp³-hybridized carbons (Fsp3) is 0.500. The highest BCUT2D eigenvalue weighted by Crippen LogP contribution is 2.33. The number of rotatable bonds is 7. The number of nitrogens with one attached hydrogen (secondary N) is 1. The van der Waals surface area contributed by atoms with Gasteiger partial charge in [0.2, 0.25) is 5.95 Å². The van der Waals surface area contributed by atoms with Crippen LogP contribution in [0.1, 0.15) is 35.6 Å². The summed E-state index contributed by atoms with van der Waals surface area (Å²) in [5, 5.41) is 10.3. The van der Waals surface area contributed by atoms with Gasteiger partial charge in [-0.25, -0.2) is 4.98 Å². The number of likely N-dealkylation sites (tertiary alicyclic amines) is 1. The molecule has 0 saturated carbocycles. The molecule has 0 bridgehead atoms. The van der Waals surface area contributed by atoms with E-state index in [1.165, 1.54) is 0 Å². The zero-order valence-electron chi connectivity index (χ0n) is 18.7. The summed E-state index contributed by atoms with van der Waals surface area (Å²) >= 11 is 0. The minimum atomic E-state index is -0.0927. The molecule has 4 rings (SSSR count). The van der Waals surface area contributed by atoms with Crippen molar-refractivity contribution in [2.75, 3.05) is 51.4 Å². The Hall–Kier alpha value is -2.84. The van der Waals surface area contributed by atoms with Gasteiger partial charge in [0, 0.05) is 37.2 Å². The van der Waals surface area contributed by atoms with Gasteiger partial charge in [0.05, 0.1) is 26.0 Å². The van der Waals surface area contributed by atoms with E-state index in [0.29, 0.717) is 31.3 Å². The zero-order chi connectivity index (χ0) is 22.5. The number of phenolic OH excluding ortho intramolecular Hbond substituents is 1. The third kappa shape index (κ3) is 5.14. The maximum Gasteiger partial charge on any atom is 0.252 e. The molecule has 1 aromatic carbocycles. The predicted molar refractivity (Wildman–Crippen MR) is 124 cm³/mol. The molecule has 1 aromatic heterocycles. The maximum absolute atomic E-state index is 12.3. The highest BCUT2D eigenvalue weighted by molar-refractivity contribution is 5.49. The molecule has 0 aliphatic carbocycles. The monoisotopic (exact) mass is 440 g/mol. The number of hydrogen-bond acceptors (Lipinski definition) is 7. The van der Waals surface area contributed by atoms with Crippen LogP contribution >= 0.6 is 0 Å². The molecule has 2 aliphatic heterocycles. The number of aromatic amines is 1. The van der Waals surface area contributed by atoms with Crippen LogP contribution in [0.25, 0.3) is 0 Å². The summed E-state index contributed by atoms with van der Waals surface area (Å²) in [6.45, 7) is 9.21. The second kappa shape index (κ2) is 10.2. The number of ether oxygens (including phenoxy) is 2. The van der Waals surface area contributed by atoms with Crippen LogP contribution in [0.5, 0.6) is 11.5 Å². The summed E-state index contributed by atoms with van der Waals surface area (Å²) in [6, 6.07) is 5.58. The molecule has 0 atom stereocenters. The first kappa shape index (κ1) is 22.4. The highest BCUT2D eigenvalue weighted by Gasteiger charge is 2.24. The minimum Gasteiger partial charge on any atom is -0.504 e. The molecule has 3 heterocycles. The van der Waals surface area contributed by atoms with Gasteiger partial charge in [0.25, 0.3) is 5.56 Å². The van der Waals surface area contributed by atoms with E-state index in [1.54, 1.807) is 19.3 Å². The third-order valence-corrected chi connectivity index (χ3v) is 6.27. The number of aromatic hydroxyl groups is 1. The van der Waals surface area contributed by atoms with E-state index in [1.807, 2.05) is 12.1 Å². The molecule has 8 nitrogen and oxygen atoms in total. The molecule has 0 amide bonds. The van der Waals surface area contributed by atoms with Crippen LogP contribution < -0.4 is 15.2 Å². The van der Waals surface area contributed by atoms with Crippen molar-refractivity contribution in [3.8, 4) is 11.5 Å². The van der Waals surface area contributed by atoms with Crippen LogP contribution in [-0.2, 0) is 17.7 Å².